The lowest BCUT2D eigenvalue weighted by Gasteiger charge is -2.10. The highest BCUT2D eigenvalue weighted by Gasteiger charge is 2.12. The number of pyridine rings is 1. The van der Waals surface area contributed by atoms with E-state index in [0.29, 0.717) is 22.9 Å². The molecule has 0 radical (unpaired) electrons. The van der Waals surface area contributed by atoms with Crippen LogP contribution < -0.4 is 10.6 Å². The van der Waals surface area contributed by atoms with Gasteiger partial charge in [0, 0.05) is 58.5 Å². The topological polar surface area (TPSA) is 139 Å². The van der Waals surface area contributed by atoms with Crippen molar-refractivity contribution in [2.45, 2.75) is 13.8 Å². The number of nitro groups is 1. The predicted octanol–water partition coefficient (Wildman–Crippen LogP) is 5.95. The van der Waals surface area contributed by atoms with Crippen LogP contribution in [0.15, 0.2) is 85.5 Å². The zero-order chi connectivity index (χ0) is 25.5. The molecule has 0 unspecified atom stereocenters. The molecule has 3 N–H and O–H groups in total. The Morgan fingerprint density at radius 2 is 1.75 bits per heavy atom. The number of fused-ring (bicyclic) bond motifs is 1. The van der Waals surface area contributed by atoms with Crippen LogP contribution in [-0.2, 0) is 0 Å². The highest BCUT2D eigenvalue weighted by atomic mass is 16.6. The van der Waals surface area contributed by atoms with E-state index in [4.69, 9.17) is 0 Å². The summed E-state index contributed by atoms with van der Waals surface area (Å²) in [5.74, 6) is 0.124. The molecule has 0 saturated carbocycles. The summed E-state index contributed by atoms with van der Waals surface area (Å²) >= 11 is 0. The monoisotopic (exact) mass is 481 g/mol. The normalized spacial score (nSPS) is 10.3. The number of aromatic amines is 1. The van der Waals surface area contributed by atoms with Gasteiger partial charge in [-0.05, 0) is 36.4 Å². The number of hydrogen-bond donors (Lipinski definition) is 3. The summed E-state index contributed by atoms with van der Waals surface area (Å²) in [5, 5.41) is 17.9. The van der Waals surface area contributed by atoms with Crippen LogP contribution in [0.4, 0.5) is 22.9 Å². The molecule has 0 aliphatic carbocycles. The van der Waals surface area contributed by atoms with Crippen LogP contribution in [0.25, 0.3) is 22.3 Å². The van der Waals surface area contributed by atoms with Gasteiger partial charge in [-0.25, -0.2) is 15.0 Å². The Balaban J connectivity index is 0.00000148. The highest BCUT2D eigenvalue weighted by molar-refractivity contribution is 6.04. The molecular weight excluding hydrogens is 458 g/mol. The van der Waals surface area contributed by atoms with Gasteiger partial charge in [0.2, 0.25) is 0 Å². The fourth-order valence-corrected chi connectivity index (χ4v) is 3.45. The molecule has 0 aliphatic rings. The number of nitrogens with zero attached hydrogens (tertiary/aromatic N) is 4. The van der Waals surface area contributed by atoms with E-state index in [2.05, 4.69) is 30.6 Å². The number of H-pyrrole nitrogens is 1. The lowest BCUT2D eigenvalue weighted by Crippen LogP contribution is -2.12. The Hall–Kier alpha value is -5.12. The van der Waals surface area contributed by atoms with Crippen molar-refractivity contribution < 1.29 is 9.72 Å². The van der Waals surface area contributed by atoms with Crippen LogP contribution in [0.5, 0.6) is 0 Å². The molecule has 0 saturated heterocycles. The van der Waals surface area contributed by atoms with Crippen molar-refractivity contribution in [2.24, 2.45) is 0 Å². The summed E-state index contributed by atoms with van der Waals surface area (Å²) < 4.78 is 0. The molecule has 3 heterocycles. The molecule has 2 aromatic carbocycles. The second kappa shape index (κ2) is 10.9. The van der Waals surface area contributed by atoms with E-state index in [1.807, 2.05) is 44.3 Å². The van der Waals surface area contributed by atoms with Gasteiger partial charge in [0.1, 0.15) is 17.8 Å². The third-order valence-electron chi connectivity index (χ3n) is 5.07. The molecule has 0 atom stereocenters. The van der Waals surface area contributed by atoms with Crippen LogP contribution in [0, 0.1) is 10.1 Å². The van der Waals surface area contributed by atoms with E-state index in [-0.39, 0.29) is 11.3 Å². The van der Waals surface area contributed by atoms with Gasteiger partial charge in [-0.2, -0.15) is 0 Å². The van der Waals surface area contributed by atoms with Gasteiger partial charge in [0.05, 0.1) is 10.6 Å². The average Bonchev–Trinajstić information content (AvgIpc) is 3.38. The van der Waals surface area contributed by atoms with Crippen molar-refractivity contribution in [3.05, 3.63) is 101 Å². The molecule has 36 heavy (non-hydrogen) atoms. The number of hydrogen-bond acceptors (Lipinski definition) is 7. The Kier molecular flexibility index (Phi) is 7.25. The number of rotatable bonds is 6. The zero-order valence-electron chi connectivity index (χ0n) is 19.6. The van der Waals surface area contributed by atoms with Crippen LogP contribution in [0.2, 0.25) is 0 Å². The third-order valence-corrected chi connectivity index (χ3v) is 5.07. The minimum Gasteiger partial charge on any atom is -0.346 e. The molecule has 10 heteroatoms. The minimum absolute atomic E-state index is 0.145. The zero-order valence-corrected chi connectivity index (χ0v) is 19.6. The van der Waals surface area contributed by atoms with E-state index in [1.54, 1.807) is 24.4 Å². The highest BCUT2D eigenvalue weighted by Crippen LogP contribution is 2.24. The maximum absolute atomic E-state index is 12.6. The van der Waals surface area contributed by atoms with Crippen molar-refractivity contribution in [3.8, 4) is 11.3 Å². The molecule has 0 spiro atoms. The first kappa shape index (κ1) is 24.0. The third kappa shape index (κ3) is 5.50. The number of anilines is 3. The van der Waals surface area contributed by atoms with E-state index in [1.165, 1.54) is 30.6 Å². The van der Waals surface area contributed by atoms with Crippen LogP contribution in [-0.4, -0.2) is 30.8 Å². The molecule has 5 rings (SSSR count). The minimum atomic E-state index is -0.538. The smallest absolute Gasteiger partial charge is 0.270 e. The Bertz CT molecular complexity index is 1530. The van der Waals surface area contributed by atoms with Crippen LogP contribution >= 0.6 is 0 Å². The molecule has 0 fully saturated rings. The molecule has 5 aromatic rings. The maximum Gasteiger partial charge on any atom is 0.270 e. The summed E-state index contributed by atoms with van der Waals surface area (Å²) in [6.45, 7) is 4.00. The first-order valence-electron chi connectivity index (χ1n) is 11.2. The predicted molar refractivity (Wildman–Crippen MR) is 139 cm³/mol. The van der Waals surface area contributed by atoms with Gasteiger partial charge in [-0.15, -0.1) is 0 Å². The van der Waals surface area contributed by atoms with Crippen molar-refractivity contribution >= 4 is 39.8 Å². The summed E-state index contributed by atoms with van der Waals surface area (Å²) in [7, 11) is 0. The van der Waals surface area contributed by atoms with Crippen LogP contribution in [0.1, 0.15) is 24.2 Å². The molecule has 10 nitrogen and oxygen atoms in total. The fraction of sp³-hybridized carbons (Fsp3) is 0.0769. The van der Waals surface area contributed by atoms with Crippen molar-refractivity contribution in [3.63, 3.8) is 0 Å². The number of benzene rings is 2. The van der Waals surface area contributed by atoms with Gasteiger partial charge >= 0.3 is 0 Å². The fourth-order valence-electron chi connectivity index (χ4n) is 3.45. The van der Waals surface area contributed by atoms with Crippen molar-refractivity contribution in [1.82, 2.24) is 19.9 Å². The van der Waals surface area contributed by atoms with E-state index < -0.39 is 10.8 Å². The molecule has 0 aliphatic heterocycles. The number of aromatic nitrogens is 4. The van der Waals surface area contributed by atoms with Crippen molar-refractivity contribution in [1.29, 1.82) is 0 Å². The van der Waals surface area contributed by atoms with Crippen LogP contribution in [0.3, 0.4) is 0 Å². The van der Waals surface area contributed by atoms with E-state index in [9.17, 15) is 14.9 Å². The Morgan fingerprint density at radius 1 is 0.944 bits per heavy atom. The molecule has 3 aromatic heterocycles. The van der Waals surface area contributed by atoms with Crippen molar-refractivity contribution in [2.75, 3.05) is 10.6 Å². The summed E-state index contributed by atoms with van der Waals surface area (Å²) in [4.78, 5) is 39.1. The van der Waals surface area contributed by atoms with E-state index >= 15 is 0 Å². The Morgan fingerprint density at radius 3 is 2.58 bits per heavy atom. The lowest BCUT2D eigenvalue weighted by molar-refractivity contribution is -0.384. The molecular formula is C26H23N7O3. The first-order valence-corrected chi connectivity index (χ1v) is 11.2. The van der Waals surface area contributed by atoms with Gasteiger partial charge in [0.25, 0.3) is 11.6 Å². The Labute approximate surface area is 206 Å². The molecule has 180 valence electrons. The number of non-ortho nitro benzene ring substituents is 1. The van der Waals surface area contributed by atoms with Gasteiger partial charge in [-0.1, -0.05) is 26.0 Å². The number of carbonyl (C=O) groups is 1. The summed E-state index contributed by atoms with van der Waals surface area (Å²) in [5.41, 5.74) is 3.65. The lowest BCUT2D eigenvalue weighted by atomic mass is 10.1. The second-order valence-electron chi connectivity index (χ2n) is 7.40. The second-order valence-corrected chi connectivity index (χ2v) is 7.40. The number of amides is 1. The summed E-state index contributed by atoms with van der Waals surface area (Å²) in [6, 6.07) is 18.4. The van der Waals surface area contributed by atoms with Gasteiger partial charge < -0.3 is 15.6 Å². The largest absolute Gasteiger partial charge is 0.346 e. The first-order chi connectivity index (χ1) is 17.5. The SMILES string of the molecule is CC.O=C(Nc1cccc(Nc2cc(-c3cnc4[nH]ccc4c3)ncn2)c1)c1cccc([N+](=O)[O-])c1. The molecule has 1 amide bonds. The number of carbonyl (C=O) groups excluding carboxylic acids is 1. The molecule has 0 bridgehead atoms. The average molecular weight is 482 g/mol. The number of nitro benzene ring substituents is 1. The summed E-state index contributed by atoms with van der Waals surface area (Å²) in [6.07, 6.45) is 5.04. The van der Waals surface area contributed by atoms with Gasteiger partial charge in [-0.3, -0.25) is 14.9 Å². The quantitative estimate of drug-likeness (QED) is 0.201. The number of nitrogens with one attached hydrogen (secondary N) is 3. The van der Waals surface area contributed by atoms with Gasteiger partial charge in [0.15, 0.2) is 0 Å². The standard InChI is InChI=1S/C24H17N7O3.C2H6/c32-24(16-3-1-6-20(10-16)31(33)34)30-19-5-2-4-18(11-19)29-22-12-21(27-14-28-22)17-9-15-7-8-25-23(15)26-13-17;1-2/h1-14H,(H,25,26)(H,30,32)(H,27,28,29);1-2H3. The maximum atomic E-state index is 12.6. The van der Waals surface area contributed by atoms with E-state index in [0.717, 1.165) is 16.6 Å².